The molecule has 0 fully saturated rings. The zero-order valence-corrected chi connectivity index (χ0v) is 17.7. The maximum absolute atomic E-state index is 12.6. The van der Waals surface area contributed by atoms with Crippen molar-refractivity contribution in [2.75, 3.05) is 17.1 Å². The number of aromatic nitrogens is 2. The number of para-hydroxylation sites is 1. The van der Waals surface area contributed by atoms with Gasteiger partial charge in [0.05, 0.1) is 18.4 Å². The van der Waals surface area contributed by atoms with Gasteiger partial charge in [0, 0.05) is 23.0 Å². The minimum absolute atomic E-state index is 0.0548. The van der Waals surface area contributed by atoms with Crippen molar-refractivity contribution in [1.29, 1.82) is 0 Å². The zero-order valence-electron chi connectivity index (χ0n) is 16.8. The fourth-order valence-electron chi connectivity index (χ4n) is 2.91. The smallest absolute Gasteiger partial charge is 0.263 e. The lowest BCUT2D eigenvalue weighted by Crippen LogP contribution is -2.16. The molecule has 1 aromatic heterocycles. The van der Waals surface area contributed by atoms with Crippen LogP contribution in [0, 0.1) is 13.8 Å². The van der Waals surface area contributed by atoms with Crippen molar-refractivity contribution in [3.8, 4) is 5.75 Å². The second kappa shape index (κ2) is 8.91. The van der Waals surface area contributed by atoms with E-state index < -0.39 is 10.0 Å². The molecule has 0 spiro atoms. The van der Waals surface area contributed by atoms with Gasteiger partial charge in [-0.15, -0.1) is 0 Å². The summed E-state index contributed by atoms with van der Waals surface area (Å²) in [7, 11) is -2.27. The van der Waals surface area contributed by atoms with E-state index in [1.807, 2.05) is 18.2 Å². The van der Waals surface area contributed by atoms with E-state index in [-0.39, 0.29) is 23.0 Å². The summed E-state index contributed by atoms with van der Waals surface area (Å²) in [5.41, 5.74) is 1.91. The number of ether oxygens (including phenoxy) is 1. The summed E-state index contributed by atoms with van der Waals surface area (Å²) in [4.78, 5) is 20.6. The van der Waals surface area contributed by atoms with Crippen molar-refractivity contribution in [2.45, 2.75) is 25.2 Å². The Balaban J connectivity index is 1.68. The minimum Gasteiger partial charge on any atom is -0.496 e. The van der Waals surface area contributed by atoms with Gasteiger partial charge in [-0.2, -0.15) is 0 Å². The highest BCUT2D eigenvalue weighted by molar-refractivity contribution is 7.92. The number of nitrogens with one attached hydrogen (secondary N) is 2. The minimum atomic E-state index is -3.82. The molecule has 2 aromatic carbocycles. The van der Waals surface area contributed by atoms with Crippen LogP contribution in [0.3, 0.4) is 0 Å². The molecule has 0 aliphatic heterocycles. The SMILES string of the molecule is COc1ccccc1CC(=O)Nc1ccc(S(=O)(=O)Nc2cc(C)nc(C)n2)cc1. The molecule has 0 saturated carbocycles. The first-order valence-electron chi connectivity index (χ1n) is 9.14. The van der Waals surface area contributed by atoms with E-state index in [2.05, 4.69) is 20.0 Å². The maximum Gasteiger partial charge on any atom is 0.263 e. The van der Waals surface area contributed by atoms with Crippen LogP contribution in [0.4, 0.5) is 11.5 Å². The Morgan fingerprint density at radius 2 is 1.73 bits per heavy atom. The number of methoxy groups -OCH3 is 1. The Morgan fingerprint density at radius 3 is 2.40 bits per heavy atom. The standard InChI is InChI=1S/C21H22N4O4S/c1-14-12-20(23-15(2)22-14)25-30(27,28)18-10-8-17(9-11-18)24-21(26)13-16-6-4-5-7-19(16)29-3/h4-12H,13H2,1-3H3,(H,24,26)(H,22,23,25). The third-order valence-corrected chi connectivity index (χ3v) is 5.57. The molecule has 1 heterocycles. The fourth-order valence-corrected chi connectivity index (χ4v) is 3.90. The van der Waals surface area contributed by atoms with E-state index in [9.17, 15) is 13.2 Å². The molecule has 156 valence electrons. The number of hydrogen-bond acceptors (Lipinski definition) is 6. The monoisotopic (exact) mass is 426 g/mol. The summed E-state index contributed by atoms with van der Waals surface area (Å²) in [5, 5.41) is 2.75. The topological polar surface area (TPSA) is 110 Å². The molecule has 3 aromatic rings. The molecule has 0 aliphatic rings. The van der Waals surface area contributed by atoms with Gasteiger partial charge >= 0.3 is 0 Å². The summed E-state index contributed by atoms with van der Waals surface area (Å²) in [6.45, 7) is 3.45. The summed E-state index contributed by atoms with van der Waals surface area (Å²) in [6.07, 6.45) is 0.137. The summed E-state index contributed by atoms with van der Waals surface area (Å²) in [6, 6.07) is 14.7. The molecule has 3 rings (SSSR count). The zero-order chi connectivity index (χ0) is 21.7. The van der Waals surface area contributed by atoms with Gasteiger partial charge in [0.25, 0.3) is 10.0 Å². The largest absolute Gasteiger partial charge is 0.496 e. The number of carbonyl (C=O) groups is 1. The van der Waals surface area contributed by atoms with Gasteiger partial charge in [0.1, 0.15) is 17.4 Å². The average Bonchev–Trinajstić information content (AvgIpc) is 2.67. The molecule has 0 unspecified atom stereocenters. The first-order chi connectivity index (χ1) is 14.3. The number of hydrogen-bond donors (Lipinski definition) is 2. The lowest BCUT2D eigenvalue weighted by atomic mass is 10.1. The van der Waals surface area contributed by atoms with Crippen LogP contribution in [0.2, 0.25) is 0 Å². The third-order valence-electron chi connectivity index (χ3n) is 4.20. The maximum atomic E-state index is 12.6. The first-order valence-corrected chi connectivity index (χ1v) is 10.6. The number of benzene rings is 2. The van der Waals surface area contributed by atoms with Gasteiger partial charge < -0.3 is 10.1 Å². The second-order valence-electron chi connectivity index (χ2n) is 6.61. The van der Waals surface area contributed by atoms with Gasteiger partial charge in [-0.1, -0.05) is 18.2 Å². The fraction of sp³-hybridized carbons (Fsp3) is 0.190. The lowest BCUT2D eigenvalue weighted by Gasteiger charge is -2.11. The van der Waals surface area contributed by atoms with E-state index in [4.69, 9.17) is 4.74 Å². The molecule has 0 atom stereocenters. The Hall–Kier alpha value is -3.46. The highest BCUT2D eigenvalue weighted by Gasteiger charge is 2.16. The van der Waals surface area contributed by atoms with E-state index in [0.717, 1.165) is 5.56 Å². The Morgan fingerprint density at radius 1 is 1.03 bits per heavy atom. The van der Waals surface area contributed by atoms with E-state index in [0.29, 0.717) is 23.0 Å². The molecule has 2 N–H and O–H groups in total. The van der Waals surface area contributed by atoms with Crippen molar-refractivity contribution in [1.82, 2.24) is 9.97 Å². The second-order valence-corrected chi connectivity index (χ2v) is 8.29. The van der Waals surface area contributed by atoms with Crippen LogP contribution < -0.4 is 14.8 Å². The molecule has 30 heavy (non-hydrogen) atoms. The summed E-state index contributed by atoms with van der Waals surface area (Å²) in [5.74, 6) is 1.07. The van der Waals surface area contributed by atoms with Gasteiger partial charge in [-0.25, -0.2) is 18.4 Å². The number of amides is 1. The number of aryl methyl sites for hydroxylation is 2. The lowest BCUT2D eigenvalue weighted by molar-refractivity contribution is -0.115. The molecule has 9 heteroatoms. The third kappa shape index (κ3) is 5.32. The predicted molar refractivity (Wildman–Crippen MR) is 114 cm³/mol. The molecule has 0 bridgehead atoms. The number of rotatable bonds is 7. The van der Waals surface area contributed by atoms with E-state index >= 15 is 0 Å². The van der Waals surface area contributed by atoms with Crippen LogP contribution in [-0.2, 0) is 21.2 Å². The molecule has 0 aliphatic carbocycles. The van der Waals surface area contributed by atoms with Crippen molar-refractivity contribution in [3.05, 3.63) is 71.7 Å². The molecule has 8 nitrogen and oxygen atoms in total. The number of anilines is 2. The summed E-state index contributed by atoms with van der Waals surface area (Å²) >= 11 is 0. The average molecular weight is 426 g/mol. The van der Waals surface area contributed by atoms with Crippen molar-refractivity contribution in [2.24, 2.45) is 0 Å². The number of nitrogens with zero attached hydrogens (tertiary/aromatic N) is 2. The molecular formula is C21H22N4O4S. The van der Waals surface area contributed by atoms with E-state index in [1.54, 1.807) is 33.1 Å². The molecule has 0 radical (unpaired) electrons. The first kappa shape index (κ1) is 21.3. The number of carbonyl (C=O) groups excluding carboxylic acids is 1. The molecule has 0 saturated heterocycles. The van der Waals surface area contributed by atoms with Gasteiger partial charge in [-0.05, 0) is 44.2 Å². The Bertz CT molecular complexity index is 1140. The Labute approximate surface area is 175 Å². The quantitative estimate of drug-likeness (QED) is 0.601. The van der Waals surface area contributed by atoms with Crippen LogP contribution in [-0.4, -0.2) is 31.4 Å². The van der Waals surface area contributed by atoms with Gasteiger partial charge in [-0.3, -0.25) is 9.52 Å². The van der Waals surface area contributed by atoms with Crippen LogP contribution in [0.5, 0.6) is 5.75 Å². The normalized spacial score (nSPS) is 11.0. The highest BCUT2D eigenvalue weighted by atomic mass is 32.2. The summed E-state index contributed by atoms with van der Waals surface area (Å²) < 4.78 is 32.9. The van der Waals surface area contributed by atoms with Crippen LogP contribution in [0.25, 0.3) is 0 Å². The van der Waals surface area contributed by atoms with Gasteiger partial charge in [0.15, 0.2) is 0 Å². The molecule has 1 amide bonds. The highest BCUT2D eigenvalue weighted by Crippen LogP contribution is 2.20. The predicted octanol–water partition coefficient (Wildman–Crippen LogP) is 3.08. The number of sulfonamides is 1. The van der Waals surface area contributed by atoms with Crippen molar-refractivity contribution < 1.29 is 17.9 Å². The van der Waals surface area contributed by atoms with E-state index in [1.165, 1.54) is 24.3 Å². The van der Waals surface area contributed by atoms with Crippen LogP contribution >= 0.6 is 0 Å². The van der Waals surface area contributed by atoms with Crippen molar-refractivity contribution in [3.63, 3.8) is 0 Å². The van der Waals surface area contributed by atoms with Crippen LogP contribution in [0.1, 0.15) is 17.1 Å². The van der Waals surface area contributed by atoms with Crippen LogP contribution in [0.15, 0.2) is 59.5 Å². The van der Waals surface area contributed by atoms with Crippen molar-refractivity contribution >= 4 is 27.4 Å². The van der Waals surface area contributed by atoms with Gasteiger partial charge in [0.2, 0.25) is 5.91 Å². The Kier molecular flexibility index (Phi) is 6.31. The molecular weight excluding hydrogens is 404 g/mol.